The second-order valence-corrected chi connectivity index (χ2v) is 3.37. The summed E-state index contributed by atoms with van der Waals surface area (Å²) < 4.78 is 0.653. The third-order valence-electron chi connectivity index (χ3n) is 1.51. The summed E-state index contributed by atoms with van der Waals surface area (Å²) in [5, 5.41) is 9.19. The summed E-state index contributed by atoms with van der Waals surface area (Å²) in [5.41, 5.74) is 0.950. The summed E-state index contributed by atoms with van der Waals surface area (Å²) in [5.74, 6) is 0.215. The van der Waals surface area contributed by atoms with Crippen LogP contribution in [0.4, 0.5) is 0 Å². The van der Waals surface area contributed by atoms with Crippen molar-refractivity contribution in [1.82, 2.24) is 0 Å². The summed E-state index contributed by atoms with van der Waals surface area (Å²) in [7, 11) is 0. The van der Waals surface area contributed by atoms with Crippen molar-refractivity contribution in [2.45, 2.75) is 6.42 Å². The first-order valence-electron chi connectivity index (χ1n) is 3.82. The van der Waals surface area contributed by atoms with E-state index in [0.29, 0.717) is 10.9 Å². The van der Waals surface area contributed by atoms with Gasteiger partial charge in [0.15, 0.2) is 0 Å². The topological polar surface area (TPSA) is 37.3 Å². The minimum atomic E-state index is 0.215. The number of hydrogen-bond acceptors (Lipinski definition) is 2. The lowest BCUT2D eigenvalue weighted by Gasteiger charge is -1.97. The minimum absolute atomic E-state index is 0.215. The molecule has 1 N–H and O–H groups in total. The van der Waals surface area contributed by atoms with Gasteiger partial charge in [-0.2, -0.15) is 0 Å². The molecule has 13 heavy (non-hydrogen) atoms. The molecule has 0 aliphatic carbocycles. The van der Waals surface area contributed by atoms with Crippen LogP contribution in [0, 0.1) is 0 Å². The lowest BCUT2D eigenvalue weighted by Crippen LogP contribution is -1.74. The second-order valence-electron chi connectivity index (χ2n) is 2.52. The zero-order chi connectivity index (χ0) is 9.68. The van der Waals surface area contributed by atoms with Gasteiger partial charge < -0.3 is 9.90 Å². The number of carbonyl (C=O) groups is 1. The average molecular weight is 241 g/mol. The Labute approximate surface area is 85.0 Å². The van der Waals surface area contributed by atoms with Gasteiger partial charge in [-0.25, -0.2) is 0 Å². The van der Waals surface area contributed by atoms with Crippen molar-refractivity contribution in [3.63, 3.8) is 0 Å². The Morgan fingerprint density at radius 3 is 2.85 bits per heavy atom. The molecule has 0 heterocycles. The molecule has 0 aromatic heterocycles. The Bertz CT molecular complexity index is 332. The number of carbonyl (C=O) groups excluding carboxylic acids is 1. The van der Waals surface area contributed by atoms with Crippen molar-refractivity contribution in [1.29, 1.82) is 0 Å². The fraction of sp³-hybridized carbons (Fsp3) is 0.100. The number of hydrogen-bond donors (Lipinski definition) is 1. The molecule has 0 saturated heterocycles. The standard InChI is InChI=1S/C10H9BrO2/c11-9-7-8(3-1-2-6-12)4-5-10(9)13/h1,3-7,13H,2H2. The van der Waals surface area contributed by atoms with Crippen LogP contribution < -0.4 is 0 Å². The summed E-state index contributed by atoms with van der Waals surface area (Å²) in [6.07, 6.45) is 4.86. The Hall–Kier alpha value is -1.09. The van der Waals surface area contributed by atoms with E-state index < -0.39 is 0 Å². The van der Waals surface area contributed by atoms with Gasteiger partial charge in [0.25, 0.3) is 0 Å². The van der Waals surface area contributed by atoms with Gasteiger partial charge in [-0.15, -0.1) is 0 Å². The fourth-order valence-corrected chi connectivity index (χ4v) is 1.28. The van der Waals surface area contributed by atoms with Crippen molar-refractivity contribution < 1.29 is 9.90 Å². The molecule has 0 aliphatic heterocycles. The summed E-state index contributed by atoms with van der Waals surface area (Å²) in [6, 6.07) is 5.17. The maximum atomic E-state index is 10.0. The molecular formula is C10H9BrO2. The highest BCUT2D eigenvalue weighted by molar-refractivity contribution is 9.10. The average Bonchev–Trinajstić information content (AvgIpc) is 2.12. The summed E-state index contributed by atoms with van der Waals surface area (Å²) in [6.45, 7) is 0. The second kappa shape index (κ2) is 4.82. The van der Waals surface area contributed by atoms with Gasteiger partial charge in [-0.1, -0.05) is 18.2 Å². The number of allylic oxidation sites excluding steroid dienone is 1. The van der Waals surface area contributed by atoms with Crippen LogP contribution >= 0.6 is 15.9 Å². The monoisotopic (exact) mass is 240 g/mol. The molecule has 0 atom stereocenters. The zero-order valence-corrected chi connectivity index (χ0v) is 8.49. The first kappa shape index (κ1) is 9.99. The predicted octanol–water partition coefficient (Wildman–Crippen LogP) is 2.76. The first-order valence-corrected chi connectivity index (χ1v) is 4.62. The Morgan fingerprint density at radius 2 is 2.23 bits per heavy atom. The lowest BCUT2D eigenvalue weighted by atomic mass is 10.2. The SMILES string of the molecule is O=CCC=Cc1ccc(O)c(Br)c1. The number of halogens is 1. The molecule has 0 bridgehead atoms. The van der Waals surface area contributed by atoms with E-state index in [1.807, 2.05) is 6.08 Å². The van der Waals surface area contributed by atoms with Crippen LogP contribution in [-0.4, -0.2) is 11.4 Å². The van der Waals surface area contributed by atoms with Gasteiger partial charge in [0.1, 0.15) is 12.0 Å². The molecule has 0 fully saturated rings. The van der Waals surface area contributed by atoms with Gasteiger partial charge >= 0.3 is 0 Å². The van der Waals surface area contributed by atoms with Crippen LogP contribution in [0.1, 0.15) is 12.0 Å². The van der Waals surface area contributed by atoms with Crippen LogP contribution in [-0.2, 0) is 4.79 Å². The van der Waals surface area contributed by atoms with E-state index in [9.17, 15) is 9.90 Å². The Balaban J connectivity index is 2.79. The quantitative estimate of drug-likeness (QED) is 0.826. The summed E-state index contributed by atoms with van der Waals surface area (Å²) >= 11 is 3.20. The van der Waals surface area contributed by atoms with Crippen LogP contribution in [0.25, 0.3) is 6.08 Å². The molecule has 0 unspecified atom stereocenters. The van der Waals surface area contributed by atoms with E-state index >= 15 is 0 Å². The normalized spacial score (nSPS) is 10.5. The third-order valence-corrected chi connectivity index (χ3v) is 2.15. The first-order chi connectivity index (χ1) is 6.24. The molecule has 0 radical (unpaired) electrons. The van der Waals surface area contributed by atoms with Gasteiger partial charge in [0.05, 0.1) is 4.47 Å². The molecule has 0 spiro atoms. The van der Waals surface area contributed by atoms with Gasteiger partial charge in [-0.05, 0) is 33.6 Å². The number of aldehydes is 1. The molecule has 0 aliphatic rings. The van der Waals surface area contributed by atoms with Crippen LogP contribution in [0.3, 0.4) is 0 Å². The molecule has 1 aromatic rings. The van der Waals surface area contributed by atoms with E-state index in [1.165, 1.54) is 0 Å². The lowest BCUT2D eigenvalue weighted by molar-refractivity contribution is -0.107. The zero-order valence-electron chi connectivity index (χ0n) is 6.90. The minimum Gasteiger partial charge on any atom is -0.507 e. The van der Waals surface area contributed by atoms with Gasteiger partial charge in [-0.3, -0.25) is 0 Å². The van der Waals surface area contributed by atoms with Crippen molar-refractivity contribution in [3.05, 3.63) is 34.3 Å². The number of rotatable bonds is 3. The molecule has 1 rings (SSSR count). The highest BCUT2D eigenvalue weighted by atomic mass is 79.9. The molecule has 2 nitrogen and oxygen atoms in total. The Morgan fingerprint density at radius 1 is 1.46 bits per heavy atom. The maximum Gasteiger partial charge on any atom is 0.129 e. The predicted molar refractivity (Wildman–Crippen MR) is 55.5 cm³/mol. The van der Waals surface area contributed by atoms with E-state index in [0.717, 1.165) is 11.8 Å². The number of phenolic OH excluding ortho intramolecular Hbond substituents is 1. The molecule has 1 aromatic carbocycles. The number of aromatic hydroxyl groups is 1. The van der Waals surface area contributed by atoms with E-state index in [4.69, 9.17) is 0 Å². The maximum absolute atomic E-state index is 10.0. The largest absolute Gasteiger partial charge is 0.507 e. The van der Waals surface area contributed by atoms with E-state index in [-0.39, 0.29) is 5.75 Å². The fourth-order valence-electron chi connectivity index (χ4n) is 0.886. The summed E-state index contributed by atoms with van der Waals surface area (Å²) in [4.78, 5) is 10.0. The Kier molecular flexibility index (Phi) is 3.71. The molecule has 0 saturated carbocycles. The third kappa shape index (κ3) is 3.03. The van der Waals surface area contributed by atoms with Crippen molar-refractivity contribution >= 4 is 28.3 Å². The van der Waals surface area contributed by atoms with Crippen LogP contribution in [0.5, 0.6) is 5.75 Å². The van der Waals surface area contributed by atoms with Crippen molar-refractivity contribution in [2.24, 2.45) is 0 Å². The number of benzene rings is 1. The highest BCUT2D eigenvalue weighted by Crippen LogP contribution is 2.24. The molecule has 0 amide bonds. The molecular weight excluding hydrogens is 232 g/mol. The van der Waals surface area contributed by atoms with Crippen LogP contribution in [0.2, 0.25) is 0 Å². The van der Waals surface area contributed by atoms with Crippen molar-refractivity contribution in [2.75, 3.05) is 0 Å². The molecule has 3 heteroatoms. The number of phenols is 1. The van der Waals surface area contributed by atoms with E-state index in [1.54, 1.807) is 24.3 Å². The highest BCUT2D eigenvalue weighted by Gasteiger charge is 1.95. The molecule has 68 valence electrons. The van der Waals surface area contributed by atoms with Gasteiger partial charge in [0, 0.05) is 6.42 Å². The van der Waals surface area contributed by atoms with E-state index in [2.05, 4.69) is 15.9 Å². The van der Waals surface area contributed by atoms with Crippen LogP contribution in [0.15, 0.2) is 28.7 Å². The smallest absolute Gasteiger partial charge is 0.129 e. The van der Waals surface area contributed by atoms with Gasteiger partial charge in [0.2, 0.25) is 0 Å². The van der Waals surface area contributed by atoms with Crippen molar-refractivity contribution in [3.8, 4) is 5.75 Å².